The predicted molar refractivity (Wildman–Crippen MR) is 111 cm³/mol. The molecule has 29 heavy (non-hydrogen) atoms. The lowest BCUT2D eigenvalue weighted by Crippen LogP contribution is -2.33. The monoisotopic (exact) mass is 411 g/mol. The molecule has 0 saturated carbocycles. The Hall–Kier alpha value is -2.94. The highest BCUT2D eigenvalue weighted by Gasteiger charge is 2.09. The van der Waals surface area contributed by atoms with E-state index in [0.29, 0.717) is 25.5 Å². The van der Waals surface area contributed by atoms with Gasteiger partial charge in [-0.05, 0) is 41.8 Å². The SMILES string of the molecule is O[C@@H](CNCCOc1ccc2sc(-c3ncon3)cc2c1)COc1ccccc1. The van der Waals surface area contributed by atoms with Gasteiger partial charge in [0.25, 0.3) is 0 Å². The molecule has 2 aromatic carbocycles. The average molecular weight is 411 g/mol. The van der Waals surface area contributed by atoms with Crippen molar-refractivity contribution in [3.05, 3.63) is 61.0 Å². The van der Waals surface area contributed by atoms with Crippen molar-refractivity contribution in [2.45, 2.75) is 6.10 Å². The van der Waals surface area contributed by atoms with Crippen molar-refractivity contribution < 1.29 is 19.1 Å². The summed E-state index contributed by atoms with van der Waals surface area (Å²) in [7, 11) is 0. The Bertz CT molecular complexity index is 1020. The zero-order valence-electron chi connectivity index (χ0n) is 15.7. The van der Waals surface area contributed by atoms with Crippen LogP contribution in [-0.4, -0.2) is 47.7 Å². The summed E-state index contributed by atoms with van der Waals surface area (Å²) >= 11 is 1.61. The highest BCUT2D eigenvalue weighted by molar-refractivity contribution is 7.22. The summed E-state index contributed by atoms with van der Waals surface area (Å²) in [6, 6.07) is 17.4. The molecule has 0 radical (unpaired) electrons. The molecule has 0 spiro atoms. The van der Waals surface area contributed by atoms with Crippen molar-refractivity contribution in [2.75, 3.05) is 26.3 Å². The van der Waals surface area contributed by atoms with Gasteiger partial charge in [0.05, 0.1) is 4.88 Å². The molecule has 0 aliphatic carbocycles. The highest BCUT2D eigenvalue weighted by atomic mass is 32.1. The van der Waals surface area contributed by atoms with Crippen molar-refractivity contribution >= 4 is 21.4 Å². The van der Waals surface area contributed by atoms with E-state index in [1.54, 1.807) is 11.3 Å². The number of aromatic nitrogens is 2. The molecule has 4 aromatic rings. The Labute approximate surface area is 171 Å². The molecule has 7 nitrogen and oxygen atoms in total. The fourth-order valence-corrected chi connectivity index (χ4v) is 3.75. The molecule has 0 aliphatic heterocycles. The predicted octanol–water partition coefficient (Wildman–Crippen LogP) is 3.36. The van der Waals surface area contributed by atoms with Crippen LogP contribution in [0.4, 0.5) is 0 Å². The van der Waals surface area contributed by atoms with Gasteiger partial charge in [0.15, 0.2) is 0 Å². The zero-order valence-corrected chi connectivity index (χ0v) is 16.5. The van der Waals surface area contributed by atoms with E-state index in [9.17, 15) is 5.11 Å². The van der Waals surface area contributed by atoms with Gasteiger partial charge in [0, 0.05) is 17.8 Å². The molecule has 2 N–H and O–H groups in total. The number of nitrogens with zero attached hydrogens (tertiary/aromatic N) is 2. The maximum atomic E-state index is 9.98. The maximum Gasteiger partial charge on any atom is 0.214 e. The summed E-state index contributed by atoms with van der Waals surface area (Å²) in [4.78, 5) is 5.04. The van der Waals surface area contributed by atoms with E-state index in [1.165, 1.54) is 6.39 Å². The molecule has 0 bridgehead atoms. The molecule has 150 valence electrons. The number of hydrogen-bond acceptors (Lipinski definition) is 8. The molecule has 1 atom stereocenters. The Morgan fingerprint density at radius 2 is 1.97 bits per heavy atom. The fourth-order valence-electron chi connectivity index (χ4n) is 2.78. The van der Waals surface area contributed by atoms with Crippen LogP contribution in [0.3, 0.4) is 0 Å². The third-order valence-corrected chi connectivity index (χ3v) is 5.29. The number of ether oxygens (including phenoxy) is 2. The molecule has 0 unspecified atom stereocenters. The van der Waals surface area contributed by atoms with Crippen molar-refractivity contribution in [2.24, 2.45) is 0 Å². The van der Waals surface area contributed by atoms with Gasteiger partial charge in [-0.15, -0.1) is 11.3 Å². The zero-order chi connectivity index (χ0) is 19.9. The summed E-state index contributed by atoms with van der Waals surface area (Å²) in [6.45, 7) is 1.81. The number of hydrogen-bond donors (Lipinski definition) is 2. The number of benzene rings is 2. The first-order valence-electron chi connectivity index (χ1n) is 9.28. The summed E-state index contributed by atoms with van der Waals surface area (Å²) in [6.07, 6.45) is 0.743. The van der Waals surface area contributed by atoms with Gasteiger partial charge in [0.1, 0.15) is 30.8 Å². The van der Waals surface area contributed by atoms with E-state index in [1.807, 2.05) is 54.6 Å². The maximum absolute atomic E-state index is 9.98. The number of para-hydroxylation sites is 1. The van der Waals surface area contributed by atoms with Crippen LogP contribution in [0, 0.1) is 0 Å². The number of rotatable bonds is 10. The molecule has 0 aliphatic rings. The summed E-state index contributed by atoms with van der Waals surface area (Å²) in [5.41, 5.74) is 0. The van der Waals surface area contributed by atoms with Gasteiger partial charge in [0.2, 0.25) is 12.2 Å². The Morgan fingerprint density at radius 1 is 1.07 bits per heavy atom. The molecule has 2 aromatic heterocycles. The van der Waals surface area contributed by atoms with Crippen LogP contribution in [0.25, 0.3) is 20.8 Å². The third-order valence-electron chi connectivity index (χ3n) is 4.18. The third kappa shape index (κ3) is 5.32. The lowest BCUT2D eigenvalue weighted by atomic mass is 10.2. The van der Waals surface area contributed by atoms with Gasteiger partial charge < -0.3 is 24.4 Å². The Morgan fingerprint density at radius 3 is 2.79 bits per heavy atom. The summed E-state index contributed by atoms with van der Waals surface area (Å²) < 4.78 is 17.3. The van der Waals surface area contributed by atoms with Crippen LogP contribution in [0.15, 0.2) is 65.5 Å². The van der Waals surface area contributed by atoms with Crippen LogP contribution in [0.5, 0.6) is 11.5 Å². The topological polar surface area (TPSA) is 89.6 Å². The molecular formula is C21H21N3O4S. The standard InChI is InChI=1S/C21H21N3O4S/c25-16(13-27-17-4-2-1-3-5-17)12-22-8-9-26-18-6-7-19-15(10-18)11-20(29-19)21-23-14-28-24-21/h1-7,10-11,14,16,22,25H,8-9,12-13H2/t16-/m0/s1. The molecule has 8 heteroatoms. The van der Waals surface area contributed by atoms with Crippen molar-refractivity contribution in [3.8, 4) is 22.2 Å². The summed E-state index contributed by atoms with van der Waals surface area (Å²) in [5.74, 6) is 2.14. The van der Waals surface area contributed by atoms with Crippen LogP contribution >= 0.6 is 11.3 Å². The quantitative estimate of drug-likeness (QED) is 0.387. The second-order valence-electron chi connectivity index (χ2n) is 6.40. The minimum atomic E-state index is -0.582. The first-order chi connectivity index (χ1) is 14.3. The number of fused-ring (bicyclic) bond motifs is 1. The largest absolute Gasteiger partial charge is 0.492 e. The van der Waals surface area contributed by atoms with E-state index < -0.39 is 6.10 Å². The van der Waals surface area contributed by atoms with E-state index in [0.717, 1.165) is 26.5 Å². The number of nitrogens with one attached hydrogen (secondary N) is 1. The van der Waals surface area contributed by atoms with E-state index in [-0.39, 0.29) is 6.61 Å². The van der Waals surface area contributed by atoms with Crippen molar-refractivity contribution in [1.29, 1.82) is 0 Å². The Balaban J connectivity index is 1.19. The fraction of sp³-hybridized carbons (Fsp3) is 0.238. The molecule has 4 rings (SSSR count). The molecular weight excluding hydrogens is 390 g/mol. The lowest BCUT2D eigenvalue weighted by molar-refractivity contribution is 0.105. The van der Waals surface area contributed by atoms with Gasteiger partial charge in [-0.2, -0.15) is 4.98 Å². The molecule has 0 saturated heterocycles. The lowest BCUT2D eigenvalue weighted by Gasteiger charge is -2.13. The smallest absolute Gasteiger partial charge is 0.214 e. The van der Waals surface area contributed by atoms with Crippen LogP contribution in [0.2, 0.25) is 0 Å². The minimum absolute atomic E-state index is 0.245. The van der Waals surface area contributed by atoms with E-state index in [2.05, 4.69) is 15.5 Å². The number of thiophene rings is 1. The minimum Gasteiger partial charge on any atom is -0.492 e. The number of aliphatic hydroxyl groups is 1. The van der Waals surface area contributed by atoms with Crippen LogP contribution in [0.1, 0.15) is 0 Å². The number of aliphatic hydroxyl groups excluding tert-OH is 1. The van der Waals surface area contributed by atoms with Gasteiger partial charge >= 0.3 is 0 Å². The Kier molecular flexibility index (Phi) is 6.35. The second-order valence-corrected chi connectivity index (χ2v) is 7.48. The normalized spacial score (nSPS) is 12.2. The van der Waals surface area contributed by atoms with E-state index >= 15 is 0 Å². The van der Waals surface area contributed by atoms with E-state index in [4.69, 9.17) is 14.0 Å². The molecule has 0 fully saturated rings. The average Bonchev–Trinajstić information content (AvgIpc) is 3.42. The summed E-state index contributed by atoms with van der Waals surface area (Å²) in [5, 5.41) is 18.1. The van der Waals surface area contributed by atoms with Gasteiger partial charge in [-0.3, -0.25) is 0 Å². The first kappa shape index (κ1) is 19.4. The highest BCUT2D eigenvalue weighted by Crippen LogP contribution is 2.33. The van der Waals surface area contributed by atoms with Crippen LogP contribution in [-0.2, 0) is 0 Å². The molecule has 2 heterocycles. The molecule has 0 amide bonds. The van der Waals surface area contributed by atoms with Gasteiger partial charge in [-0.1, -0.05) is 23.4 Å². The first-order valence-corrected chi connectivity index (χ1v) is 10.1. The van der Waals surface area contributed by atoms with Crippen LogP contribution < -0.4 is 14.8 Å². The van der Waals surface area contributed by atoms with Crippen molar-refractivity contribution in [1.82, 2.24) is 15.5 Å². The van der Waals surface area contributed by atoms with Crippen molar-refractivity contribution in [3.63, 3.8) is 0 Å². The second kappa shape index (κ2) is 9.51. The van der Waals surface area contributed by atoms with Gasteiger partial charge in [-0.25, -0.2) is 0 Å².